The zero-order valence-corrected chi connectivity index (χ0v) is 65.6. The molecule has 4 aromatic rings. The molecule has 0 aromatic heterocycles. The van der Waals surface area contributed by atoms with Gasteiger partial charge >= 0.3 is 41.8 Å². The van der Waals surface area contributed by atoms with E-state index in [1.165, 1.54) is 37.4 Å². The van der Waals surface area contributed by atoms with Gasteiger partial charge in [-0.1, -0.05) is 260 Å². The lowest BCUT2D eigenvalue weighted by molar-refractivity contribution is -0.156. The molecule has 0 aliphatic heterocycles. The maximum atomic E-state index is 11.8. The largest absolute Gasteiger partial charge is 0.508 e. The fourth-order valence-electron chi connectivity index (χ4n) is 6.28. The molecule has 0 fully saturated rings. The van der Waals surface area contributed by atoms with Crippen LogP contribution in [0.15, 0.2) is 97.1 Å². The highest BCUT2D eigenvalue weighted by molar-refractivity contribution is 5.95. The number of esters is 7. The van der Waals surface area contributed by atoms with Crippen LogP contribution in [0.5, 0.6) is 23.0 Å². The van der Waals surface area contributed by atoms with Gasteiger partial charge in [0.25, 0.3) is 0 Å². The Hall–Kier alpha value is -8.77. The summed E-state index contributed by atoms with van der Waals surface area (Å²) in [5.41, 5.74) is 0.553. The van der Waals surface area contributed by atoms with E-state index in [9.17, 15) is 63.6 Å². The first-order valence-corrected chi connectivity index (χ1v) is 35.2. The number of carbonyl (C=O) groups is 9. The third-order valence-electron chi connectivity index (χ3n) is 16.2. The van der Waals surface area contributed by atoms with E-state index in [4.69, 9.17) is 29.2 Å². The molecule has 4 aromatic carbocycles. The molecule has 2 amide bonds. The average Bonchev–Trinajstić information content (AvgIpc) is 0.875. The average molecular weight is 1710 g/mol. The minimum atomic E-state index is -0.563. The molecule has 0 radical (unpaired) electrons. The van der Waals surface area contributed by atoms with E-state index in [0.29, 0.717) is 24.4 Å². The fourth-order valence-corrected chi connectivity index (χ4v) is 6.28. The van der Waals surface area contributed by atoms with Crippen LogP contribution < -0.4 is 10.6 Å². The second-order valence-electron chi connectivity index (χ2n) is 26.3. The highest BCUT2D eigenvalue weighted by Gasteiger charge is 2.29. The monoisotopic (exact) mass is 1710 g/mol. The number of nitrogens with one attached hydrogen (secondary N) is 2. The maximum Gasteiger partial charge on any atom is 0.338 e. The number of anilines is 2. The van der Waals surface area contributed by atoms with Crippen LogP contribution in [-0.2, 0) is 78.1 Å². The zero-order chi connectivity index (χ0) is 80.1. The Morgan fingerprint density at radius 1 is 0.345 bits per heavy atom. The number of hydrogen-bond donors (Lipinski definition) is 8. The number of rotatable bonds is 29. The molecule has 0 heterocycles. The Morgan fingerprint density at radius 2 is 0.630 bits per heavy atom. The van der Waals surface area contributed by atoms with Crippen LogP contribution in [-0.4, -0.2) is 138 Å². The molecule has 4 rings (SSSR count). The van der Waals surface area contributed by atoms with Crippen molar-refractivity contribution in [3.8, 4) is 23.0 Å². The number of hydrogen-bond acceptors (Lipinski definition) is 22. The summed E-state index contributed by atoms with van der Waals surface area (Å²) in [6, 6.07) is 25.7. The number of benzene rings is 4. The summed E-state index contributed by atoms with van der Waals surface area (Å²) in [6.45, 7) is 40.4. The summed E-state index contributed by atoms with van der Waals surface area (Å²) < 4.78 is 33.7. The first-order valence-electron chi connectivity index (χ1n) is 35.2. The predicted molar refractivity (Wildman–Crippen MR) is 507 cm³/mol. The molecule has 0 bridgehead atoms. The molecule has 8 N–H and O–H groups in total. The molecule has 24 nitrogen and oxygen atoms in total. The Bertz CT molecular complexity index is 2980. The van der Waals surface area contributed by atoms with Gasteiger partial charge in [0.05, 0.1) is 67.0 Å². The third-order valence-corrected chi connectivity index (χ3v) is 16.2. The van der Waals surface area contributed by atoms with E-state index >= 15 is 0 Å². The van der Waals surface area contributed by atoms with E-state index in [1.54, 1.807) is 88.4 Å². The van der Waals surface area contributed by atoms with Gasteiger partial charge in [-0.25, -0.2) is 4.79 Å². The van der Waals surface area contributed by atoms with Crippen LogP contribution >= 0.6 is 0 Å². The number of aliphatic hydroxyl groups is 2. The predicted octanol–water partition coefficient (Wildman–Crippen LogP) is 25.0. The van der Waals surface area contributed by atoms with Crippen molar-refractivity contribution in [1.29, 1.82) is 0 Å². The lowest BCUT2D eigenvalue weighted by Crippen LogP contribution is -2.29. The molecular weight excluding hydrogens is 1520 g/mol. The van der Waals surface area contributed by atoms with Gasteiger partial charge in [-0.15, -0.1) is 0 Å². The van der Waals surface area contributed by atoms with E-state index in [-0.39, 0.29) is 276 Å². The molecule has 4 unspecified atom stereocenters. The molecule has 0 spiro atoms. The standard InChI is InChI=1S/C15H20O5.C13H18O3.2C12H17NO2.2C7H14O3.C7H14O2.C6H12O2.16CH4/c1-4-15(2,3)14(18)20-9-8-19-13(17)11-6-5-7-12(16)10-11;1-4-13(2,3)12(15)16-9-10-6-5-7-11(14)8-10;2*1-4-12(2,3)11(15)13-9-6-5-7-10(14)8-9;2*1-3-6(2)7(9)10-5-4-8;1-4-6(3)7(8)9-5-2;1-4-5(2)6(7)8-3;;;;;;;;;;;;;;;;/h5-7,10,16H,4,8-9H2,1-3H3;5-8,14H,4,9H2,1-3H3;2*5-8,14H,4H2,1-3H3,(H,13,15);2*6,8H,3-5H2,1-2H3;6H,4-5H2,1-3H3;5H,4H2,1-3H3;16*1H4. The maximum absolute atomic E-state index is 11.8. The van der Waals surface area contributed by atoms with Crippen molar-refractivity contribution < 1.29 is 107 Å². The lowest BCUT2D eigenvalue weighted by Gasteiger charge is -2.21. The number of methoxy groups -OCH3 is 1. The van der Waals surface area contributed by atoms with Crippen molar-refractivity contribution in [2.24, 2.45) is 45.3 Å². The number of amides is 2. The van der Waals surface area contributed by atoms with Crippen molar-refractivity contribution in [2.45, 2.75) is 322 Å². The fraction of sp³-hybridized carbons (Fsp3) is 0.653. The topological polar surface area (TPSA) is 364 Å². The summed E-state index contributed by atoms with van der Waals surface area (Å²) in [4.78, 5) is 101. The highest BCUT2D eigenvalue weighted by Crippen LogP contribution is 2.27. The molecule has 0 aliphatic rings. The van der Waals surface area contributed by atoms with Gasteiger partial charge in [0, 0.05) is 34.3 Å². The quantitative estimate of drug-likeness (QED) is 0.0142. The van der Waals surface area contributed by atoms with Gasteiger partial charge < -0.3 is 74.4 Å². The normalized spacial score (nSPS) is 10.1. The van der Waals surface area contributed by atoms with Gasteiger partial charge in [0.15, 0.2) is 0 Å². The third kappa shape index (κ3) is 76.4. The summed E-state index contributed by atoms with van der Waals surface area (Å²) in [5.74, 6) is -1.30. The summed E-state index contributed by atoms with van der Waals surface area (Å²) in [7, 11) is 1.41. The minimum Gasteiger partial charge on any atom is -0.508 e. The molecule has 0 aliphatic carbocycles. The highest BCUT2D eigenvalue weighted by atomic mass is 16.6. The van der Waals surface area contributed by atoms with E-state index in [2.05, 4.69) is 24.8 Å². The second kappa shape index (κ2) is 90.0. The Kier molecular flexibility index (Phi) is 122. The molecular formula is C95H190N2O22. The van der Waals surface area contributed by atoms with Crippen molar-refractivity contribution in [3.63, 3.8) is 0 Å². The van der Waals surface area contributed by atoms with Gasteiger partial charge in [-0.2, -0.15) is 0 Å². The van der Waals surface area contributed by atoms with Crippen LogP contribution in [0.2, 0.25) is 0 Å². The molecule has 0 saturated heterocycles. The van der Waals surface area contributed by atoms with Crippen molar-refractivity contribution in [2.75, 3.05) is 64.0 Å². The van der Waals surface area contributed by atoms with Crippen LogP contribution in [0.1, 0.15) is 332 Å². The first-order chi connectivity index (χ1) is 48.1. The number of phenolic OH excluding ortho intramolecular Hbond substituents is 4. The Morgan fingerprint density at radius 3 is 0.908 bits per heavy atom. The van der Waals surface area contributed by atoms with Crippen molar-refractivity contribution >= 4 is 65.0 Å². The zero-order valence-electron chi connectivity index (χ0n) is 65.6. The Labute approximate surface area is 731 Å². The Balaban J connectivity index is -0.0000000521. The number of carbonyl (C=O) groups excluding carboxylic acids is 9. The molecule has 0 saturated carbocycles. The van der Waals surface area contributed by atoms with Crippen molar-refractivity contribution in [3.05, 3.63) is 108 Å². The summed E-state index contributed by atoms with van der Waals surface area (Å²) >= 11 is 0. The van der Waals surface area contributed by atoms with Crippen LogP contribution in [0, 0.1) is 45.3 Å². The van der Waals surface area contributed by atoms with Gasteiger partial charge in [0.1, 0.15) is 56.0 Å². The number of aliphatic hydroxyl groups excluding tert-OH is 2. The smallest absolute Gasteiger partial charge is 0.338 e. The summed E-state index contributed by atoms with van der Waals surface area (Å²) in [5, 5.41) is 59.1. The molecule has 119 heavy (non-hydrogen) atoms. The number of ether oxygens (including phenoxy) is 7. The van der Waals surface area contributed by atoms with Crippen LogP contribution in [0.3, 0.4) is 0 Å². The molecule has 712 valence electrons. The van der Waals surface area contributed by atoms with E-state index < -0.39 is 16.8 Å². The van der Waals surface area contributed by atoms with Gasteiger partial charge in [0.2, 0.25) is 11.8 Å². The second-order valence-corrected chi connectivity index (χ2v) is 26.3. The van der Waals surface area contributed by atoms with Crippen LogP contribution in [0.25, 0.3) is 0 Å². The number of phenols is 4. The SMILES string of the molecule is C.C.C.C.C.C.C.C.C.C.C.C.C.C.C.C.CCC(C)(C)C(=O)Nc1cccc(O)c1.CCC(C)(C)C(=O)Nc1cccc(O)c1.CCC(C)(C)C(=O)OCCOC(=O)c1cccc(O)c1.CCC(C)(C)C(=O)OCc1cccc(O)c1.CCC(C)C(=O)OC.CCC(C)C(=O)OCCO.CCC(C)C(=O)OCCO.CCOC(=O)C(C)CC. The van der Waals surface area contributed by atoms with Gasteiger partial charge in [-0.3, -0.25) is 38.4 Å². The van der Waals surface area contributed by atoms with E-state index in [0.717, 1.165) is 50.5 Å². The molecule has 4 atom stereocenters. The summed E-state index contributed by atoms with van der Waals surface area (Å²) in [6.07, 6.45) is 6.25. The molecule has 24 heteroatoms. The van der Waals surface area contributed by atoms with E-state index in [1.807, 2.05) is 124 Å². The lowest BCUT2D eigenvalue weighted by atomic mass is 9.89. The van der Waals surface area contributed by atoms with Gasteiger partial charge in [-0.05, 0) is 146 Å². The van der Waals surface area contributed by atoms with Crippen molar-refractivity contribution in [1.82, 2.24) is 0 Å². The van der Waals surface area contributed by atoms with Crippen LogP contribution in [0.4, 0.5) is 11.4 Å². The first kappa shape index (κ1) is 162. The number of aromatic hydroxyl groups is 4. The minimum absolute atomic E-state index is 0.